The first-order chi connectivity index (χ1) is 4.95. The van der Waals surface area contributed by atoms with E-state index in [-0.39, 0.29) is 5.78 Å². The molecule has 66 valence electrons. The van der Waals surface area contributed by atoms with Gasteiger partial charge in [-0.3, -0.25) is 4.79 Å². The normalized spacial score (nSPS) is 14.1. The quantitative estimate of drug-likeness (QED) is 0.619. The first kappa shape index (κ1) is 10.6. The topological polar surface area (TPSA) is 20.3 Å². The van der Waals surface area contributed by atoms with Gasteiger partial charge in [-0.15, -0.1) is 0 Å². The average Bonchev–Trinajstić information content (AvgIpc) is 1.84. The summed E-state index contributed by atoms with van der Waals surface area (Å²) in [6.07, 6.45) is 0.661. The van der Waals surface area contributed by atoms with E-state index in [1.165, 1.54) is 0 Å². The molecule has 2 nitrogen and oxygen atoms in total. The highest BCUT2D eigenvalue weighted by Gasteiger charge is 2.13. The van der Waals surface area contributed by atoms with E-state index >= 15 is 0 Å². The smallest absolute Gasteiger partial charge is 0.131 e. The molecule has 0 spiro atoms. The van der Waals surface area contributed by atoms with Crippen LogP contribution in [0.25, 0.3) is 0 Å². The molecule has 0 aromatic rings. The Balaban J connectivity index is 3.82. The lowest BCUT2D eigenvalue weighted by Gasteiger charge is -2.27. The Morgan fingerprint density at radius 2 is 1.82 bits per heavy atom. The van der Waals surface area contributed by atoms with Crippen LogP contribution in [0.1, 0.15) is 34.1 Å². The van der Waals surface area contributed by atoms with Crippen LogP contribution in [0.15, 0.2) is 0 Å². The second kappa shape index (κ2) is 4.50. The van der Waals surface area contributed by atoms with Crippen molar-refractivity contribution in [3.05, 3.63) is 0 Å². The van der Waals surface area contributed by atoms with E-state index in [0.717, 1.165) is 0 Å². The largest absolute Gasteiger partial charge is 0.301 e. The molecule has 0 N–H and O–H groups in total. The molecule has 0 saturated carbocycles. The van der Waals surface area contributed by atoms with E-state index in [0.29, 0.717) is 18.5 Å². The van der Waals surface area contributed by atoms with Crippen LogP contribution in [0.4, 0.5) is 0 Å². The molecular formula is C9H19NO. The van der Waals surface area contributed by atoms with Gasteiger partial charge in [0.2, 0.25) is 0 Å². The number of Topliss-reactive ketones (excluding diaryl/α,β-unsaturated/α-hetero) is 1. The zero-order valence-electron chi connectivity index (χ0n) is 8.22. The van der Waals surface area contributed by atoms with Crippen molar-refractivity contribution in [2.45, 2.75) is 46.2 Å². The molecule has 0 heterocycles. The highest BCUT2D eigenvalue weighted by molar-refractivity contribution is 5.76. The molecule has 0 fully saturated rings. The molecule has 11 heavy (non-hydrogen) atoms. The Labute approximate surface area is 69.6 Å². The average molecular weight is 157 g/mol. The van der Waals surface area contributed by atoms with Gasteiger partial charge in [-0.2, -0.15) is 0 Å². The lowest BCUT2D eigenvalue weighted by Crippen LogP contribution is -2.36. The standard InChI is InChI=1S/C9H19NO/c1-7(2)10(5)8(3)6-9(4)11/h7-8H,6H2,1-5H3. The molecule has 0 aliphatic carbocycles. The van der Waals surface area contributed by atoms with Crippen LogP contribution < -0.4 is 0 Å². The Morgan fingerprint density at radius 1 is 1.36 bits per heavy atom. The lowest BCUT2D eigenvalue weighted by atomic mass is 10.1. The zero-order valence-corrected chi connectivity index (χ0v) is 8.22. The summed E-state index contributed by atoms with van der Waals surface area (Å²) in [6.45, 7) is 8.00. The number of nitrogens with zero attached hydrogens (tertiary/aromatic N) is 1. The highest BCUT2D eigenvalue weighted by atomic mass is 16.1. The summed E-state index contributed by atoms with van der Waals surface area (Å²) in [5.41, 5.74) is 0. The fourth-order valence-electron chi connectivity index (χ4n) is 1.07. The van der Waals surface area contributed by atoms with Crippen molar-refractivity contribution in [3.63, 3.8) is 0 Å². The maximum absolute atomic E-state index is 10.8. The molecule has 1 unspecified atom stereocenters. The number of hydrogen-bond acceptors (Lipinski definition) is 2. The number of hydrogen-bond donors (Lipinski definition) is 0. The summed E-state index contributed by atoms with van der Waals surface area (Å²) in [6, 6.07) is 0.886. The molecule has 0 bridgehead atoms. The second-order valence-electron chi connectivity index (χ2n) is 3.51. The third kappa shape index (κ3) is 4.14. The Morgan fingerprint density at radius 3 is 2.09 bits per heavy atom. The zero-order chi connectivity index (χ0) is 9.02. The van der Waals surface area contributed by atoms with E-state index in [2.05, 4.69) is 32.7 Å². The van der Waals surface area contributed by atoms with Gasteiger partial charge in [0.05, 0.1) is 0 Å². The molecule has 0 saturated heterocycles. The fourth-order valence-corrected chi connectivity index (χ4v) is 1.07. The molecule has 0 rings (SSSR count). The number of ketones is 1. The molecule has 1 atom stereocenters. The monoisotopic (exact) mass is 157 g/mol. The molecule has 0 aromatic carbocycles. The Hall–Kier alpha value is -0.370. The van der Waals surface area contributed by atoms with Crippen molar-refractivity contribution in [1.29, 1.82) is 0 Å². The maximum Gasteiger partial charge on any atom is 0.131 e. The van der Waals surface area contributed by atoms with Gasteiger partial charge in [-0.1, -0.05) is 0 Å². The molecule has 0 aromatic heterocycles. The van der Waals surface area contributed by atoms with E-state index < -0.39 is 0 Å². The summed E-state index contributed by atoms with van der Waals surface area (Å²) in [4.78, 5) is 13.0. The first-order valence-electron chi connectivity index (χ1n) is 4.16. The van der Waals surface area contributed by atoms with Gasteiger partial charge in [0.25, 0.3) is 0 Å². The van der Waals surface area contributed by atoms with Crippen molar-refractivity contribution in [2.75, 3.05) is 7.05 Å². The Kier molecular flexibility index (Phi) is 4.34. The van der Waals surface area contributed by atoms with E-state index in [1.807, 2.05) is 0 Å². The third-order valence-electron chi connectivity index (χ3n) is 2.09. The minimum absolute atomic E-state index is 0.269. The molecule has 2 heteroatoms. The molecular weight excluding hydrogens is 138 g/mol. The molecule has 0 amide bonds. The third-order valence-corrected chi connectivity index (χ3v) is 2.09. The van der Waals surface area contributed by atoms with Crippen molar-refractivity contribution < 1.29 is 4.79 Å². The summed E-state index contributed by atoms with van der Waals surface area (Å²) < 4.78 is 0. The second-order valence-corrected chi connectivity index (χ2v) is 3.51. The van der Waals surface area contributed by atoms with Crippen molar-refractivity contribution in [1.82, 2.24) is 4.90 Å². The van der Waals surface area contributed by atoms with Crippen LogP contribution in [0.5, 0.6) is 0 Å². The van der Waals surface area contributed by atoms with Gasteiger partial charge in [0.15, 0.2) is 0 Å². The Bertz CT molecular complexity index is 132. The van der Waals surface area contributed by atoms with Crippen LogP contribution in [0, 0.1) is 0 Å². The van der Waals surface area contributed by atoms with E-state index in [9.17, 15) is 4.79 Å². The predicted molar refractivity (Wildman–Crippen MR) is 47.7 cm³/mol. The summed E-state index contributed by atoms with van der Waals surface area (Å²) in [7, 11) is 2.05. The fraction of sp³-hybridized carbons (Fsp3) is 0.889. The van der Waals surface area contributed by atoms with Gasteiger partial charge in [-0.05, 0) is 34.7 Å². The van der Waals surface area contributed by atoms with Gasteiger partial charge in [0, 0.05) is 18.5 Å². The van der Waals surface area contributed by atoms with Crippen molar-refractivity contribution >= 4 is 5.78 Å². The van der Waals surface area contributed by atoms with Crippen LogP contribution in [-0.2, 0) is 4.79 Å². The SMILES string of the molecule is CC(=O)CC(C)N(C)C(C)C. The van der Waals surface area contributed by atoms with Gasteiger partial charge in [-0.25, -0.2) is 0 Å². The van der Waals surface area contributed by atoms with Crippen LogP contribution in [-0.4, -0.2) is 29.8 Å². The predicted octanol–water partition coefficient (Wildman–Crippen LogP) is 1.69. The minimum atomic E-state index is 0.269. The lowest BCUT2D eigenvalue weighted by molar-refractivity contribution is -0.118. The van der Waals surface area contributed by atoms with E-state index in [1.54, 1.807) is 6.92 Å². The number of carbonyl (C=O) groups is 1. The van der Waals surface area contributed by atoms with Crippen molar-refractivity contribution in [2.24, 2.45) is 0 Å². The van der Waals surface area contributed by atoms with Crippen LogP contribution >= 0.6 is 0 Å². The highest BCUT2D eigenvalue weighted by Crippen LogP contribution is 2.05. The molecule has 0 aliphatic heterocycles. The van der Waals surface area contributed by atoms with Crippen LogP contribution in [0.2, 0.25) is 0 Å². The summed E-state index contributed by atoms with van der Waals surface area (Å²) in [5.74, 6) is 0.269. The number of carbonyl (C=O) groups excluding carboxylic acids is 1. The van der Waals surface area contributed by atoms with Gasteiger partial charge >= 0.3 is 0 Å². The minimum Gasteiger partial charge on any atom is -0.301 e. The first-order valence-corrected chi connectivity index (χ1v) is 4.16. The van der Waals surface area contributed by atoms with Crippen LogP contribution in [0.3, 0.4) is 0 Å². The van der Waals surface area contributed by atoms with Gasteiger partial charge < -0.3 is 4.90 Å². The summed E-state index contributed by atoms with van der Waals surface area (Å²) >= 11 is 0. The number of rotatable bonds is 4. The maximum atomic E-state index is 10.8. The van der Waals surface area contributed by atoms with Gasteiger partial charge in [0.1, 0.15) is 5.78 Å². The van der Waals surface area contributed by atoms with Crippen molar-refractivity contribution in [3.8, 4) is 0 Å². The molecule has 0 aliphatic rings. The summed E-state index contributed by atoms with van der Waals surface area (Å²) in [5, 5.41) is 0. The molecule has 0 radical (unpaired) electrons. The van der Waals surface area contributed by atoms with E-state index in [4.69, 9.17) is 0 Å².